The van der Waals surface area contributed by atoms with Gasteiger partial charge >= 0.3 is 5.69 Å². The van der Waals surface area contributed by atoms with Gasteiger partial charge in [-0.15, -0.1) is 0 Å². The van der Waals surface area contributed by atoms with Crippen LogP contribution < -0.4 is 10.1 Å². The molecule has 110 valence electrons. The van der Waals surface area contributed by atoms with Crippen LogP contribution in [0.4, 0.5) is 11.4 Å². The lowest BCUT2D eigenvalue weighted by Gasteiger charge is -2.09. The van der Waals surface area contributed by atoms with E-state index in [0.29, 0.717) is 12.2 Å². The molecule has 0 saturated heterocycles. The van der Waals surface area contributed by atoms with Crippen LogP contribution in [0.2, 0.25) is 0 Å². The number of benzene rings is 1. The van der Waals surface area contributed by atoms with Gasteiger partial charge in [0.1, 0.15) is 0 Å². The number of nitro benzene ring substituents is 1. The minimum absolute atomic E-state index is 0.0784. The predicted molar refractivity (Wildman–Crippen MR) is 86.6 cm³/mol. The van der Waals surface area contributed by atoms with E-state index in [0.717, 1.165) is 14.6 Å². The van der Waals surface area contributed by atoms with Crippen LogP contribution in [0.5, 0.6) is 5.75 Å². The number of nitrogens with one attached hydrogen (secondary N) is 1. The van der Waals surface area contributed by atoms with E-state index >= 15 is 0 Å². The zero-order valence-electron chi connectivity index (χ0n) is 11.0. The van der Waals surface area contributed by atoms with Gasteiger partial charge in [-0.1, -0.05) is 0 Å². The summed E-state index contributed by atoms with van der Waals surface area (Å²) in [6, 6.07) is 6.61. The molecule has 1 aromatic carbocycles. The Bertz CT molecular complexity index is 680. The number of nitro groups is 1. The fourth-order valence-electron chi connectivity index (χ4n) is 1.70. The van der Waals surface area contributed by atoms with Crippen LogP contribution in [0.3, 0.4) is 0 Å². The van der Waals surface area contributed by atoms with Gasteiger partial charge in [0, 0.05) is 26.9 Å². The van der Waals surface area contributed by atoms with Crippen LogP contribution >= 0.6 is 31.9 Å². The number of rotatable bonds is 5. The summed E-state index contributed by atoms with van der Waals surface area (Å²) in [6.07, 6.45) is 1.69. The first kappa shape index (κ1) is 15.7. The summed E-state index contributed by atoms with van der Waals surface area (Å²) in [4.78, 5) is 14.8. The third-order valence-electron chi connectivity index (χ3n) is 2.72. The van der Waals surface area contributed by atoms with Gasteiger partial charge < -0.3 is 10.1 Å². The average molecular weight is 417 g/mol. The molecule has 0 atom stereocenters. The van der Waals surface area contributed by atoms with Gasteiger partial charge in [0.15, 0.2) is 5.75 Å². The van der Waals surface area contributed by atoms with Crippen LogP contribution in [0.1, 0.15) is 5.69 Å². The fraction of sp³-hybridized carbons (Fsp3) is 0.154. The Kier molecular flexibility index (Phi) is 5.13. The van der Waals surface area contributed by atoms with Crippen molar-refractivity contribution in [3.05, 3.63) is 55.2 Å². The second-order valence-corrected chi connectivity index (χ2v) is 5.85. The zero-order valence-corrected chi connectivity index (χ0v) is 14.1. The summed E-state index contributed by atoms with van der Waals surface area (Å²) in [5.74, 6) is 0.230. The minimum Gasteiger partial charge on any atom is -0.490 e. The number of hydrogen-bond donors (Lipinski definition) is 1. The van der Waals surface area contributed by atoms with Crippen LogP contribution in [0.25, 0.3) is 0 Å². The minimum atomic E-state index is -0.474. The van der Waals surface area contributed by atoms with Gasteiger partial charge in [-0.05, 0) is 50.1 Å². The lowest BCUT2D eigenvalue weighted by atomic mass is 10.2. The summed E-state index contributed by atoms with van der Waals surface area (Å²) < 4.78 is 6.69. The molecule has 0 aliphatic rings. The Balaban J connectivity index is 2.16. The summed E-state index contributed by atoms with van der Waals surface area (Å²) >= 11 is 6.75. The van der Waals surface area contributed by atoms with Crippen LogP contribution in [0.15, 0.2) is 39.4 Å². The van der Waals surface area contributed by atoms with Crippen molar-refractivity contribution in [2.24, 2.45) is 0 Å². The Hall–Kier alpha value is -1.67. The van der Waals surface area contributed by atoms with Crippen molar-refractivity contribution < 1.29 is 9.66 Å². The molecular formula is C13H11Br2N3O3. The smallest absolute Gasteiger partial charge is 0.312 e. The highest BCUT2D eigenvalue weighted by Gasteiger charge is 2.15. The number of hydrogen-bond acceptors (Lipinski definition) is 5. The Morgan fingerprint density at radius 3 is 2.76 bits per heavy atom. The molecule has 0 amide bonds. The lowest BCUT2D eigenvalue weighted by molar-refractivity contribution is -0.385. The SMILES string of the molecule is COc1ccc(NCc2ncc(Br)cc2Br)cc1[N+](=O)[O-]. The first-order valence-corrected chi connectivity index (χ1v) is 7.46. The Morgan fingerprint density at radius 1 is 1.38 bits per heavy atom. The number of aromatic nitrogens is 1. The normalized spacial score (nSPS) is 10.2. The second kappa shape index (κ2) is 6.86. The molecule has 0 fully saturated rings. The number of nitrogens with zero attached hydrogens (tertiary/aromatic N) is 2. The molecule has 0 saturated carbocycles. The van der Waals surface area contributed by atoms with Gasteiger partial charge in [0.05, 0.1) is 24.3 Å². The van der Waals surface area contributed by atoms with E-state index in [2.05, 4.69) is 42.2 Å². The lowest BCUT2D eigenvalue weighted by Crippen LogP contribution is -2.03. The molecular weight excluding hydrogens is 406 g/mol. The van der Waals surface area contributed by atoms with Gasteiger partial charge in [0.25, 0.3) is 0 Å². The molecule has 1 N–H and O–H groups in total. The maximum absolute atomic E-state index is 11.0. The van der Waals surface area contributed by atoms with E-state index in [1.807, 2.05) is 6.07 Å². The number of methoxy groups -OCH3 is 1. The molecule has 6 nitrogen and oxygen atoms in total. The molecule has 0 spiro atoms. The van der Waals surface area contributed by atoms with E-state index in [1.165, 1.54) is 13.2 Å². The van der Waals surface area contributed by atoms with E-state index < -0.39 is 4.92 Å². The highest BCUT2D eigenvalue weighted by molar-refractivity contribution is 9.11. The molecule has 0 aliphatic carbocycles. The monoisotopic (exact) mass is 415 g/mol. The molecule has 0 unspecified atom stereocenters. The average Bonchev–Trinajstić information content (AvgIpc) is 2.46. The topological polar surface area (TPSA) is 77.3 Å². The number of pyridine rings is 1. The van der Waals surface area contributed by atoms with Crippen molar-refractivity contribution in [2.75, 3.05) is 12.4 Å². The van der Waals surface area contributed by atoms with Gasteiger partial charge in [-0.3, -0.25) is 15.1 Å². The molecule has 1 aromatic heterocycles. The van der Waals surface area contributed by atoms with E-state index in [9.17, 15) is 10.1 Å². The standard InChI is InChI=1S/C13H11Br2N3O3/c1-21-13-3-2-9(5-12(13)18(19)20)16-7-11-10(15)4-8(14)6-17-11/h2-6,16H,7H2,1H3. The number of anilines is 1. The van der Waals surface area contributed by atoms with Gasteiger partial charge in [-0.25, -0.2) is 0 Å². The maximum atomic E-state index is 11.0. The number of ether oxygens (including phenoxy) is 1. The van der Waals surface area contributed by atoms with E-state index in [-0.39, 0.29) is 11.4 Å². The molecule has 0 aliphatic heterocycles. The summed E-state index contributed by atoms with van der Waals surface area (Å²) in [5, 5.41) is 14.1. The van der Waals surface area contributed by atoms with Crippen LogP contribution in [-0.4, -0.2) is 17.0 Å². The molecule has 0 bridgehead atoms. The first-order chi connectivity index (χ1) is 10.0. The van der Waals surface area contributed by atoms with Crippen molar-refractivity contribution in [1.29, 1.82) is 0 Å². The number of halogens is 2. The van der Waals surface area contributed by atoms with Crippen molar-refractivity contribution in [3.8, 4) is 5.75 Å². The van der Waals surface area contributed by atoms with E-state index in [4.69, 9.17) is 4.74 Å². The molecule has 2 aromatic rings. The van der Waals surface area contributed by atoms with Crippen molar-refractivity contribution in [1.82, 2.24) is 4.98 Å². The Morgan fingerprint density at radius 2 is 2.14 bits per heavy atom. The van der Waals surface area contributed by atoms with Gasteiger partial charge in [0.2, 0.25) is 0 Å². The molecule has 0 radical (unpaired) electrons. The largest absolute Gasteiger partial charge is 0.490 e. The van der Waals surface area contributed by atoms with Gasteiger partial charge in [-0.2, -0.15) is 0 Å². The van der Waals surface area contributed by atoms with E-state index in [1.54, 1.807) is 18.3 Å². The van der Waals surface area contributed by atoms with Crippen LogP contribution in [0, 0.1) is 10.1 Å². The second-order valence-electron chi connectivity index (χ2n) is 4.08. The van der Waals surface area contributed by atoms with Crippen molar-refractivity contribution in [3.63, 3.8) is 0 Å². The summed E-state index contributed by atoms with van der Waals surface area (Å²) in [6.45, 7) is 0.442. The molecule has 1 heterocycles. The highest BCUT2D eigenvalue weighted by Crippen LogP contribution is 2.30. The third kappa shape index (κ3) is 3.92. The molecule has 8 heteroatoms. The summed E-state index contributed by atoms with van der Waals surface area (Å²) in [7, 11) is 1.40. The fourth-order valence-corrected chi connectivity index (χ4v) is 2.83. The first-order valence-electron chi connectivity index (χ1n) is 5.87. The molecule has 2 rings (SSSR count). The molecule has 21 heavy (non-hydrogen) atoms. The third-order valence-corrected chi connectivity index (χ3v) is 3.84. The predicted octanol–water partition coefficient (Wildman–Crippen LogP) is 4.14. The summed E-state index contributed by atoms with van der Waals surface area (Å²) in [5.41, 5.74) is 1.35. The maximum Gasteiger partial charge on any atom is 0.312 e. The van der Waals surface area contributed by atoms with Crippen LogP contribution in [-0.2, 0) is 6.54 Å². The Labute approximate surface area is 137 Å². The van der Waals surface area contributed by atoms with Crippen molar-refractivity contribution >= 4 is 43.2 Å². The van der Waals surface area contributed by atoms with Crippen molar-refractivity contribution in [2.45, 2.75) is 6.54 Å². The quantitative estimate of drug-likeness (QED) is 0.585. The zero-order chi connectivity index (χ0) is 15.4. The highest BCUT2D eigenvalue weighted by atomic mass is 79.9.